The van der Waals surface area contributed by atoms with Crippen molar-refractivity contribution in [3.8, 4) is 0 Å². The van der Waals surface area contributed by atoms with Gasteiger partial charge in [-0.05, 0) is 29.6 Å². The lowest BCUT2D eigenvalue weighted by Crippen LogP contribution is -2.62. The van der Waals surface area contributed by atoms with Gasteiger partial charge in [0.1, 0.15) is 11.8 Å². The maximum Gasteiger partial charge on any atom is 0.283 e. The highest BCUT2D eigenvalue weighted by Crippen LogP contribution is 2.49. The van der Waals surface area contributed by atoms with Gasteiger partial charge in [0.2, 0.25) is 0 Å². The van der Waals surface area contributed by atoms with Gasteiger partial charge >= 0.3 is 0 Å². The summed E-state index contributed by atoms with van der Waals surface area (Å²) in [6.45, 7) is 12.1. The molecule has 199 valence electrons. The van der Waals surface area contributed by atoms with E-state index >= 15 is 0 Å². The molecule has 1 aliphatic rings. The molecule has 0 amide bonds. The predicted molar refractivity (Wildman–Crippen MR) is 150 cm³/mol. The van der Waals surface area contributed by atoms with E-state index in [4.69, 9.17) is 19.6 Å². The molecule has 9 heteroatoms. The molecule has 38 heavy (non-hydrogen) atoms. The zero-order valence-corrected chi connectivity index (χ0v) is 23.7. The van der Waals surface area contributed by atoms with Crippen molar-refractivity contribution in [2.24, 2.45) is 10.8 Å². The van der Waals surface area contributed by atoms with Crippen LogP contribution in [0.25, 0.3) is 11.2 Å². The second-order valence-corrected chi connectivity index (χ2v) is 13.5. The van der Waals surface area contributed by atoms with E-state index in [0.29, 0.717) is 36.7 Å². The summed E-state index contributed by atoms with van der Waals surface area (Å²) < 4.78 is 22.0. The van der Waals surface area contributed by atoms with Crippen molar-refractivity contribution in [1.82, 2.24) is 19.5 Å². The molecule has 2 aromatic carbocycles. The summed E-state index contributed by atoms with van der Waals surface area (Å²) in [6.07, 6.45) is 3.01. The first-order valence-electron chi connectivity index (χ1n) is 12.9. The summed E-state index contributed by atoms with van der Waals surface area (Å²) in [7, 11) is -1.51. The second-order valence-electron chi connectivity index (χ2n) is 11.4. The molecule has 0 spiro atoms. The van der Waals surface area contributed by atoms with Crippen molar-refractivity contribution in [2.45, 2.75) is 53.1 Å². The highest BCUT2D eigenvalue weighted by Gasteiger charge is 2.55. The molecule has 0 aliphatic carbocycles. The van der Waals surface area contributed by atoms with E-state index in [1.165, 1.54) is 16.7 Å². The average Bonchev–Trinajstić information content (AvgIpc) is 3.30. The number of benzene rings is 2. The molecule has 1 radical (unpaired) electrons. The van der Waals surface area contributed by atoms with Crippen molar-refractivity contribution in [3.05, 3.63) is 73.3 Å². The molecule has 2 atom stereocenters. The van der Waals surface area contributed by atoms with Gasteiger partial charge in [-0.25, -0.2) is 15.0 Å². The van der Waals surface area contributed by atoms with Gasteiger partial charge in [0.15, 0.2) is 17.3 Å². The van der Waals surface area contributed by atoms with Crippen LogP contribution >= 0.6 is 0 Å². The summed E-state index contributed by atoms with van der Waals surface area (Å²) in [4.78, 5) is 13.1. The lowest BCUT2D eigenvalue weighted by molar-refractivity contribution is -0.341. The third-order valence-electron chi connectivity index (χ3n) is 7.55. The number of imidazole rings is 1. The minimum atomic E-state index is -1.51. The van der Waals surface area contributed by atoms with Gasteiger partial charge in [-0.3, -0.25) is 0 Å². The van der Waals surface area contributed by atoms with E-state index in [-0.39, 0.29) is 11.5 Å². The number of nitrogens with zero attached hydrogens (tertiary/aromatic N) is 4. The fourth-order valence-corrected chi connectivity index (χ4v) is 7.13. The summed E-state index contributed by atoms with van der Waals surface area (Å²) >= 11 is 0. The van der Waals surface area contributed by atoms with Crippen LogP contribution in [-0.2, 0) is 20.4 Å². The molecule has 0 saturated carbocycles. The molecule has 3 heterocycles. The number of rotatable bonds is 7. The van der Waals surface area contributed by atoms with Gasteiger partial charge in [-0.15, -0.1) is 0 Å². The number of anilines is 1. The fraction of sp³-hybridized carbons (Fsp3) is 0.414. The Kier molecular flexibility index (Phi) is 7.12. The Morgan fingerprint density at radius 2 is 1.63 bits per heavy atom. The van der Waals surface area contributed by atoms with Crippen LogP contribution in [0.15, 0.2) is 73.3 Å². The Labute approximate surface area is 225 Å². The zero-order chi connectivity index (χ0) is 27.0. The van der Waals surface area contributed by atoms with Crippen LogP contribution in [0.5, 0.6) is 0 Å². The number of nitrogens with two attached hydrogens (primary N) is 1. The summed E-state index contributed by atoms with van der Waals surface area (Å²) in [6, 6.07) is 20.9. The zero-order valence-electron chi connectivity index (χ0n) is 22.7. The second kappa shape index (κ2) is 10.2. The summed E-state index contributed by atoms with van der Waals surface area (Å²) in [5.74, 6) is -0.368. The molecule has 4 aromatic rings. The first kappa shape index (κ1) is 26.5. The van der Waals surface area contributed by atoms with E-state index in [2.05, 4.69) is 84.3 Å². The molecule has 5 rings (SSSR count). The number of hydrogen-bond donors (Lipinski definition) is 1. The van der Waals surface area contributed by atoms with E-state index in [1.54, 1.807) is 6.33 Å². The van der Waals surface area contributed by atoms with E-state index < -0.39 is 20.2 Å². The standard InChI is InChI=1S/C29H36N5O3Si/c1-27(2,3)29(17-34-20-33-24-25(30)31-19-32-26(24)34)18-35-28(4,5)37-23(29)16-36-38(21-12-8-6-9-13-21)22-14-10-7-11-15-22/h6-15,19-20,23H,16-18H2,1-5H3,(H2,30,31,32). The summed E-state index contributed by atoms with van der Waals surface area (Å²) in [5.41, 5.74) is 6.72. The third kappa shape index (κ3) is 5.11. The highest BCUT2D eigenvalue weighted by atomic mass is 28.3. The first-order chi connectivity index (χ1) is 18.1. The number of ether oxygens (including phenoxy) is 2. The van der Waals surface area contributed by atoms with Gasteiger partial charge in [-0.2, -0.15) is 0 Å². The molecule has 2 N–H and O–H groups in total. The minimum absolute atomic E-state index is 0.209. The maximum atomic E-state index is 6.87. The molecule has 1 saturated heterocycles. The third-order valence-corrected chi connectivity index (χ3v) is 9.72. The van der Waals surface area contributed by atoms with Crippen molar-refractivity contribution in [2.75, 3.05) is 18.9 Å². The molecule has 2 unspecified atom stereocenters. The SMILES string of the molecule is CC1(C)OCC(Cn2cnc3c(N)ncnc32)(C(C)(C)C)C(CO[Si](c2ccccc2)c2ccccc2)O1. The fourth-order valence-electron chi connectivity index (χ4n) is 5.15. The summed E-state index contributed by atoms with van der Waals surface area (Å²) in [5, 5.41) is 2.40. The Bertz CT molecular complexity index is 1330. The predicted octanol–water partition coefficient (Wildman–Crippen LogP) is 3.42. The molecule has 2 aromatic heterocycles. The Balaban J connectivity index is 1.52. The van der Waals surface area contributed by atoms with Gasteiger partial charge in [0.25, 0.3) is 9.04 Å². The molecular formula is C29H36N5O3Si. The number of fused-ring (bicyclic) bond motifs is 1. The van der Waals surface area contributed by atoms with Gasteiger partial charge < -0.3 is 24.2 Å². The molecule has 1 fully saturated rings. The van der Waals surface area contributed by atoms with Crippen molar-refractivity contribution in [3.63, 3.8) is 0 Å². The van der Waals surface area contributed by atoms with Crippen molar-refractivity contribution in [1.29, 1.82) is 0 Å². The molecular weight excluding hydrogens is 494 g/mol. The van der Waals surface area contributed by atoms with Crippen molar-refractivity contribution < 1.29 is 13.9 Å². The Morgan fingerprint density at radius 3 is 2.24 bits per heavy atom. The monoisotopic (exact) mass is 530 g/mol. The van der Waals surface area contributed by atoms with Crippen LogP contribution < -0.4 is 16.1 Å². The van der Waals surface area contributed by atoms with E-state index in [9.17, 15) is 0 Å². The van der Waals surface area contributed by atoms with Crippen LogP contribution in [0.1, 0.15) is 34.6 Å². The smallest absolute Gasteiger partial charge is 0.283 e. The van der Waals surface area contributed by atoms with E-state index in [0.717, 1.165) is 0 Å². The normalized spacial score (nSPS) is 21.7. The maximum absolute atomic E-state index is 6.87. The highest BCUT2D eigenvalue weighted by molar-refractivity contribution is 6.80. The van der Waals surface area contributed by atoms with Crippen LogP contribution in [0.3, 0.4) is 0 Å². The van der Waals surface area contributed by atoms with Crippen LogP contribution in [0.4, 0.5) is 5.82 Å². The minimum Gasteiger partial charge on any atom is -0.405 e. The largest absolute Gasteiger partial charge is 0.405 e. The number of nitrogen functional groups attached to an aromatic ring is 1. The molecule has 1 aliphatic heterocycles. The average molecular weight is 531 g/mol. The topological polar surface area (TPSA) is 97.3 Å². The van der Waals surface area contributed by atoms with Crippen molar-refractivity contribution >= 4 is 36.4 Å². The van der Waals surface area contributed by atoms with Crippen LogP contribution in [0.2, 0.25) is 0 Å². The lowest BCUT2D eigenvalue weighted by atomic mass is 9.63. The Hall–Kier alpha value is -3.11. The van der Waals surface area contributed by atoms with Crippen LogP contribution in [0, 0.1) is 10.8 Å². The molecule has 8 nitrogen and oxygen atoms in total. The first-order valence-corrected chi connectivity index (χ1v) is 14.3. The van der Waals surface area contributed by atoms with Gasteiger partial charge in [0.05, 0.1) is 25.6 Å². The quantitative estimate of drug-likeness (QED) is 0.366. The van der Waals surface area contributed by atoms with E-state index in [1.807, 2.05) is 30.5 Å². The van der Waals surface area contributed by atoms with Gasteiger partial charge in [-0.1, -0.05) is 81.4 Å². The molecule has 0 bridgehead atoms. The van der Waals surface area contributed by atoms with Gasteiger partial charge in [0, 0.05) is 12.0 Å². The number of hydrogen-bond acceptors (Lipinski definition) is 7. The van der Waals surface area contributed by atoms with Crippen LogP contribution in [-0.4, -0.2) is 53.7 Å². The lowest BCUT2D eigenvalue weighted by Gasteiger charge is -2.55. The Morgan fingerprint density at radius 1 is 1.00 bits per heavy atom. The number of aromatic nitrogens is 4.